The lowest BCUT2D eigenvalue weighted by atomic mass is 10.4. The minimum atomic E-state index is 1.00. The Bertz CT molecular complexity index is 184. The molecule has 0 aliphatic heterocycles. The normalized spacial score (nSPS) is 10.4. The Morgan fingerprint density at radius 1 is 1.33 bits per heavy atom. The Balaban J connectivity index is 1.96. The Kier molecular flexibility index (Phi) is 4.99. The van der Waals surface area contributed by atoms with Gasteiger partial charge in [0, 0.05) is 24.5 Å². The maximum atomic E-state index is 3.37. The summed E-state index contributed by atoms with van der Waals surface area (Å²) in [6, 6.07) is 4.25. The maximum Gasteiger partial charge on any atom is 0.0300 e. The molecule has 0 saturated heterocycles. The van der Waals surface area contributed by atoms with E-state index in [0.29, 0.717) is 0 Å². The molecule has 0 spiro atoms. The van der Waals surface area contributed by atoms with Crippen LogP contribution < -0.4 is 10.6 Å². The highest BCUT2D eigenvalue weighted by molar-refractivity contribution is 7.09. The van der Waals surface area contributed by atoms with Crippen molar-refractivity contribution >= 4 is 11.3 Å². The predicted octanol–water partition coefficient (Wildman–Crippen LogP) is 1.45. The molecule has 0 aliphatic carbocycles. The van der Waals surface area contributed by atoms with Gasteiger partial charge in [0.05, 0.1) is 0 Å². The molecule has 2 N–H and O–H groups in total. The Hall–Kier alpha value is -0.380. The van der Waals surface area contributed by atoms with Crippen LogP contribution in [0.15, 0.2) is 17.5 Å². The lowest BCUT2D eigenvalue weighted by molar-refractivity contribution is 0.628. The molecule has 0 saturated carbocycles. The van der Waals surface area contributed by atoms with Crippen molar-refractivity contribution in [3.05, 3.63) is 22.4 Å². The van der Waals surface area contributed by atoms with E-state index in [9.17, 15) is 0 Å². The van der Waals surface area contributed by atoms with E-state index >= 15 is 0 Å². The molecule has 68 valence electrons. The predicted molar refractivity (Wildman–Crippen MR) is 54.6 cm³/mol. The zero-order valence-corrected chi connectivity index (χ0v) is 8.29. The number of likely N-dealkylation sites (N-methyl/N-ethyl adjacent to an activating group) is 1. The molecule has 0 unspecified atom stereocenters. The monoisotopic (exact) mass is 184 g/mol. The fourth-order valence-corrected chi connectivity index (χ4v) is 1.65. The smallest absolute Gasteiger partial charge is 0.0300 e. The lowest BCUT2D eigenvalue weighted by Crippen LogP contribution is -2.26. The molecular formula is C9H16N2S. The molecule has 0 bridgehead atoms. The first-order valence-corrected chi connectivity index (χ1v) is 5.25. The van der Waals surface area contributed by atoms with Gasteiger partial charge in [0.2, 0.25) is 0 Å². The van der Waals surface area contributed by atoms with Gasteiger partial charge in [0.1, 0.15) is 0 Å². The molecular weight excluding hydrogens is 168 g/mol. The Morgan fingerprint density at radius 3 is 2.83 bits per heavy atom. The second-order valence-electron chi connectivity index (χ2n) is 2.61. The topological polar surface area (TPSA) is 24.1 Å². The van der Waals surface area contributed by atoms with Gasteiger partial charge in [-0.3, -0.25) is 0 Å². The van der Waals surface area contributed by atoms with Gasteiger partial charge in [0.25, 0.3) is 0 Å². The van der Waals surface area contributed by atoms with E-state index < -0.39 is 0 Å². The van der Waals surface area contributed by atoms with Crippen LogP contribution in [0.4, 0.5) is 0 Å². The van der Waals surface area contributed by atoms with Gasteiger partial charge in [-0.15, -0.1) is 11.3 Å². The van der Waals surface area contributed by atoms with Crippen molar-refractivity contribution in [3.8, 4) is 0 Å². The van der Waals surface area contributed by atoms with Crippen molar-refractivity contribution in [2.24, 2.45) is 0 Å². The SMILES string of the molecule is CCNCCNCc1cccs1. The van der Waals surface area contributed by atoms with Gasteiger partial charge in [-0.2, -0.15) is 0 Å². The number of thiophene rings is 1. The molecule has 0 amide bonds. The minimum absolute atomic E-state index is 1.00. The maximum absolute atomic E-state index is 3.37. The summed E-state index contributed by atoms with van der Waals surface area (Å²) in [4.78, 5) is 1.41. The fraction of sp³-hybridized carbons (Fsp3) is 0.556. The number of rotatable bonds is 6. The van der Waals surface area contributed by atoms with Crippen molar-refractivity contribution < 1.29 is 0 Å². The van der Waals surface area contributed by atoms with Gasteiger partial charge < -0.3 is 10.6 Å². The zero-order valence-electron chi connectivity index (χ0n) is 7.47. The Morgan fingerprint density at radius 2 is 2.17 bits per heavy atom. The van der Waals surface area contributed by atoms with Crippen LogP contribution in [0.1, 0.15) is 11.8 Å². The largest absolute Gasteiger partial charge is 0.316 e. The third-order valence-electron chi connectivity index (χ3n) is 1.61. The summed E-state index contributed by atoms with van der Waals surface area (Å²) >= 11 is 1.80. The summed E-state index contributed by atoms with van der Waals surface area (Å²) in [5, 5.41) is 8.75. The quantitative estimate of drug-likeness (QED) is 0.654. The molecule has 0 aliphatic rings. The second kappa shape index (κ2) is 6.17. The van der Waals surface area contributed by atoms with E-state index in [1.807, 2.05) is 0 Å². The van der Waals surface area contributed by atoms with E-state index in [-0.39, 0.29) is 0 Å². The summed E-state index contributed by atoms with van der Waals surface area (Å²) in [6.45, 7) is 6.29. The van der Waals surface area contributed by atoms with Crippen molar-refractivity contribution in [2.45, 2.75) is 13.5 Å². The van der Waals surface area contributed by atoms with Crippen LogP contribution in [0.3, 0.4) is 0 Å². The van der Waals surface area contributed by atoms with Crippen LogP contribution in [0.2, 0.25) is 0 Å². The fourth-order valence-electron chi connectivity index (χ4n) is 0.978. The first kappa shape index (κ1) is 9.71. The zero-order chi connectivity index (χ0) is 8.65. The summed E-state index contributed by atoms with van der Waals surface area (Å²) in [5.74, 6) is 0. The third kappa shape index (κ3) is 3.85. The molecule has 0 aromatic carbocycles. The van der Waals surface area contributed by atoms with Crippen molar-refractivity contribution in [1.82, 2.24) is 10.6 Å². The molecule has 0 fully saturated rings. The standard InChI is InChI=1S/C9H16N2S/c1-2-10-5-6-11-8-9-4-3-7-12-9/h3-4,7,10-11H,2,5-6,8H2,1H3. The molecule has 1 heterocycles. The number of nitrogens with one attached hydrogen (secondary N) is 2. The first-order valence-electron chi connectivity index (χ1n) is 4.37. The average molecular weight is 184 g/mol. The van der Waals surface area contributed by atoms with Crippen LogP contribution in [0, 0.1) is 0 Å². The summed E-state index contributed by atoms with van der Waals surface area (Å²) in [7, 11) is 0. The highest BCUT2D eigenvalue weighted by Gasteiger charge is 1.90. The molecule has 0 atom stereocenters. The second-order valence-corrected chi connectivity index (χ2v) is 3.64. The van der Waals surface area contributed by atoms with Crippen molar-refractivity contribution in [2.75, 3.05) is 19.6 Å². The van der Waals surface area contributed by atoms with E-state index in [1.165, 1.54) is 4.88 Å². The van der Waals surface area contributed by atoms with Crippen LogP contribution in [-0.2, 0) is 6.54 Å². The van der Waals surface area contributed by atoms with E-state index in [2.05, 4.69) is 35.1 Å². The van der Waals surface area contributed by atoms with Crippen LogP contribution >= 0.6 is 11.3 Å². The van der Waals surface area contributed by atoms with Gasteiger partial charge in [-0.25, -0.2) is 0 Å². The first-order chi connectivity index (χ1) is 5.93. The Labute approximate surface area is 78.0 Å². The molecule has 3 heteroatoms. The summed E-state index contributed by atoms with van der Waals surface area (Å²) < 4.78 is 0. The van der Waals surface area contributed by atoms with Gasteiger partial charge in [-0.1, -0.05) is 13.0 Å². The number of hydrogen-bond donors (Lipinski definition) is 2. The van der Waals surface area contributed by atoms with Crippen molar-refractivity contribution in [1.29, 1.82) is 0 Å². The summed E-state index contributed by atoms with van der Waals surface area (Å²) in [5.41, 5.74) is 0. The van der Waals surface area contributed by atoms with E-state index in [0.717, 1.165) is 26.2 Å². The van der Waals surface area contributed by atoms with Gasteiger partial charge >= 0.3 is 0 Å². The van der Waals surface area contributed by atoms with Gasteiger partial charge in [0.15, 0.2) is 0 Å². The number of hydrogen-bond acceptors (Lipinski definition) is 3. The highest BCUT2D eigenvalue weighted by atomic mass is 32.1. The summed E-state index contributed by atoms with van der Waals surface area (Å²) in [6.07, 6.45) is 0. The molecule has 1 rings (SSSR count). The molecule has 12 heavy (non-hydrogen) atoms. The van der Waals surface area contributed by atoms with Gasteiger partial charge in [-0.05, 0) is 18.0 Å². The lowest BCUT2D eigenvalue weighted by Gasteiger charge is -2.02. The minimum Gasteiger partial charge on any atom is -0.316 e. The van der Waals surface area contributed by atoms with Crippen LogP contribution in [0.5, 0.6) is 0 Å². The molecule has 2 nitrogen and oxygen atoms in total. The van der Waals surface area contributed by atoms with Crippen LogP contribution in [-0.4, -0.2) is 19.6 Å². The average Bonchev–Trinajstić information content (AvgIpc) is 2.57. The molecule has 1 aromatic heterocycles. The van der Waals surface area contributed by atoms with Crippen molar-refractivity contribution in [3.63, 3.8) is 0 Å². The van der Waals surface area contributed by atoms with E-state index in [1.54, 1.807) is 11.3 Å². The molecule has 0 radical (unpaired) electrons. The third-order valence-corrected chi connectivity index (χ3v) is 2.48. The van der Waals surface area contributed by atoms with E-state index in [4.69, 9.17) is 0 Å². The van der Waals surface area contributed by atoms with Crippen LogP contribution in [0.25, 0.3) is 0 Å². The highest BCUT2D eigenvalue weighted by Crippen LogP contribution is 2.06. The molecule has 1 aromatic rings.